The van der Waals surface area contributed by atoms with Gasteiger partial charge in [-0.15, -0.1) is 0 Å². The molecule has 0 saturated carbocycles. The molecule has 3 aromatic rings. The molecule has 0 aromatic heterocycles. The third kappa shape index (κ3) is 6.34. The monoisotopic (exact) mass is 579 g/mol. The topological polar surface area (TPSA) is 173 Å². The first kappa shape index (κ1) is 32.0. The number of aliphatic hydroxyl groups excluding tert-OH is 1. The zero-order chi connectivity index (χ0) is 31.1. The third-order valence-corrected chi connectivity index (χ3v) is 6.86. The molecular formula is C31H30FNO9. The lowest BCUT2D eigenvalue weighted by atomic mass is 9.73. The van der Waals surface area contributed by atoms with Crippen molar-refractivity contribution in [1.29, 1.82) is 0 Å². The largest absolute Gasteiger partial charge is 0.479 e. The molecule has 3 unspecified atom stereocenters. The molecule has 5 N–H and O–H groups in total. The van der Waals surface area contributed by atoms with Gasteiger partial charge in [0.25, 0.3) is 11.2 Å². The van der Waals surface area contributed by atoms with Gasteiger partial charge in [-0.2, -0.15) is 0 Å². The van der Waals surface area contributed by atoms with Crippen molar-refractivity contribution in [3.63, 3.8) is 0 Å². The maximum absolute atomic E-state index is 12.8. The van der Waals surface area contributed by atoms with Crippen LogP contribution >= 0.6 is 0 Å². The Bertz CT molecular complexity index is 1390. The van der Waals surface area contributed by atoms with E-state index < -0.39 is 45.8 Å². The lowest BCUT2D eigenvalue weighted by molar-refractivity contribution is -0.187. The number of rotatable bonds is 9. The molecule has 3 aromatic carbocycles. The second-order valence-corrected chi connectivity index (χ2v) is 9.69. The molecule has 42 heavy (non-hydrogen) atoms. The van der Waals surface area contributed by atoms with E-state index in [1.54, 1.807) is 12.1 Å². The number of nitrogens with zero attached hydrogens (tertiary/aromatic N) is 1. The van der Waals surface area contributed by atoms with Gasteiger partial charge in [-0.3, -0.25) is 9.59 Å². The summed E-state index contributed by atoms with van der Waals surface area (Å²) < 4.78 is 12.8. The van der Waals surface area contributed by atoms with E-state index >= 15 is 0 Å². The minimum Gasteiger partial charge on any atom is -0.479 e. The summed E-state index contributed by atoms with van der Waals surface area (Å²) in [6.45, 7) is 1.86. The van der Waals surface area contributed by atoms with Crippen LogP contribution < -0.4 is 0 Å². The molecule has 4 rings (SSSR count). The minimum absolute atomic E-state index is 0.129. The Balaban J connectivity index is 0.000000258. The highest BCUT2D eigenvalue weighted by atomic mass is 19.1. The molecule has 3 atom stereocenters. The van der Waals surface area contributed by atoms with Crippen LogP contribution in [0.5, 0.6) is 0 Å². The Morgan fingerprint density at radius 2 is 1.21 bits per heavy atom. The second-order valence-electron chi connectivity index (χ2n) is 9.69. The Morgan fingerprint density at radius 3 is 1.60 bits per heavy atom. The zero-order valence-electron chi connectivity index (χ0n) is 22.6. The number of likely N-dealkylation sites (N-methyl/N-ethyl adjacent to an activating group) is 1. The number of carboxylic acids is 2. The Labute approximate surface area is 240 Å². The summed E-state index contributed by atoms with van der Waals surface area (Å²) in [5.74, 6) is -8.12. The molecule has 0 amide bonds. The number of benzene rings is 3. The zero-order valence-corrected chi connectivity index (χ0v) is 22.6. The molecule has 220 valence electrons. The normalized spacial score (nSPS) is 17.8. The van der Waals surface area contributed by atoms with Crippen molar-refractivity contribution in [3.8, 4) is 0 Å². The van der Waals surface area contributed by atoms with Crippen LogP contribution in [0.2, 0.25) is 0 Å². The van der Waals surface area contributed by atoms with Crippen LogP contribution in [0.25, 0.3) is 5.57 Å². The molecule has 0 fully saturated rings. The average Bonchev–Trinajstić information content (AvgIpc) is 3.00. The maximum atomic E-state index is 12.8. The molecule has 1 heterocycles. The number of carbonyl (C=O) groups is 4. The Kier molecular flexibility index (Phi) is 10.2. The van der Waals surface area contributed by atoms with Crippen LogP contribution in [0.15, 0.2) is 91.0 Å². The summed E-state index contributed by atoms with van der Waals surface area (Å²) in [4.78, 5) is 50.7. The van der Waals surface area contributed by atoms with Gasteiger partial charge < -0.3 is 30.4 Å². The minimum atomic E-state index is -3.95. The van der Waals surface area contributed by atoms with Gasteiger partial charge in [-0.1, -0.05) is 78.9 Å². The van der Waals surface area contributed by atoms with Gasteiger partial charge in [-0.25, -0.2) is 14.0 Å². The first-order valence-corrected chi connectivity index (χ1v) is 12.7. The molecule has 0 bridgehead atoms. The fourth-order valence-corrected chi connectivity index (χ4v) is 4.55. The number of hydrogen-bond donors (Lipinski definition) is 5. The molecule has 0 radical (unpaired) electrons. The highest BCUT2D eigenvalue weighted by Crippen LogP contribution is 2.32. The van der Waals surface area contributed by atoms with E-state index in [2.05, 4.69) is 11.0 Å². The smallest absolute Gasteiger partial charge is 0.348 e. The molecule has 0 spiro atoms. The van der Waals surface area contributed by atoms with Crippen LogP contribution in [-0.4, -0.2) is 91.9 Å². The van der Waals surface area contributed by atoms with Gasteiger partial charge in [0.2, 0.25) is 11.6 Å². The van der Waals surface area contributed by atoms with Crippen molar-refractivity contribution >= 4 is 29.1 Å². The number of carbonyl (C=O) groups excluding carboxylic acids is 2. The molecular weight excluding hydrogens is 549 g/mol. The predicted molar refractivity (Wildman–Crippen MR) is 149 cm³/mol. The summed E-state index contributed by atoms with van der Waals surface area (Å²) in [6, 6.07) is 19.3. The van der Waals surface area contributed by atoms with Gasteiger partial charge >= 0.3 is 11.9 Å². The Morgan fingerprint density at radius 1 is 0.786 bits per heavy atom. The number of aliphatic carboxylic acids is 2. The van der Waals surface area contributed by atoms with E-state index in [4.69, 9.17) is 0 Å². The van der Waals surface area contributed by atoms with Gasteiger partial charge in [0.05, 0.1) is 6.61 Å². The van der Waals surface area contributed by atoms with Crippen molar-refractivity contribution < 1.29 is 49.1 Å². The first-order chi connectivity index (χ1) is 19.9. The Hall–Kier alpha value is -4.55. The third-order valence-electron chi connectivity index (χ3n) is 6.86. The van der Waals surface area contributed by atoms with E-state index in [1.807, 2.05) is 7.05 Å². The summed E-state index contributed by atoms with van der Waals surface area (Å²) in [7, 11) is 2.03. The molecule has 10 nitrogen and oxygen atoms in total. The van der Waals surface area contributed by atoms with E-state index in [0.29, 0.717) is 0 Å². The number of carboxylic acid groups (broad SMARTS) is 2. The van der Waals surface area contributed by atoms with Crippen LogP contribution in [0, 0.1) is 11.7 Å². The van der Waals surface area contributed by atoms with E-state index in [9.17, 15) is 49.1 Å². The van der Waals surface area contributed by atoms with Crippen LogP contribution in [0.3, 0.4) is 0 Å². The van der Waals surface area contributed by atoms with E-state index in [1.165, 1.54) is 48.5 Å². The second kappa shape index (κ2) is 13.4. The van der Waals surface area contributed by atoms with E-state index in [0.717, 1.165) is 48.5 Å². The highest BCUT2D eigenvalue weighted by molar-refractivity contribution is 6.28. The SMILES string of the molecule is CN1CC=C(c2ccc(F)cc2)C(CO)C1.O=C(O)C(O)(C(=O)c1ccccc1)C(O)(C(=O)O)C(=O)c1ccccc1. The lowest BCUT2D eigenvalue weighted by Gasteiger charge is -2.34. The van der Waals surface area contributed by atoms with Crippen LogP contribution in [-0.2, 0) is 9.59 Å². The van der Waals surface area contributed by atoms with Gasteiger partial charge in [0, 0.05) is 30.1 Å². The number of ketones is 2. The standard InChI is InChI=1S/C18H14O8.C13H16FNO/c19-13(11-7-3-1-4-8-11)17(25,15(21)22)18(26,16(23)24)14(20)12-9-5-2-6-10-12;1-15-7-6-13(11(8-15)9-16)10-2-4-12(14)5-3-10/h1-10,25-26H,(H,21,22)(H,23,24);2-6,11,16H,7-9H2,1H3. The summed E-state index contributed by atoms with van der Waals surface area (Å²) in [5, 5.41) is 49.2. The first-order valence-electron chi connectivity index (χ1n) is 12.7. The summed E-state index contributed by atoms with van der Waals surface area (Å²) >= 11 is 0. The number of Topliss-reactive ketones (excluding diaryl/α,β-unsaturated/α-hetero) is 2. The average molecular weight is 580 g/mol. The number of aliphatic hydroxyl groups is 3. The number of hydrogen-bond acceptors (Lipinski definition) is 8. The number of halogens is 1. The van der Waals surface area contributed by atoms with Crippen molar-refractivity contribution in [1.82, 2.24) is 4.90 Å². The predicted octanol–water partition coefficient (Wildman–Crippen LogP) is 2.15. The molecule has 1 aliphatic rings. The summed E-state index contributed by atoms with van der Waals surface area (Å²) in [5.41, 5.74) is -6.55. The fraction of sp³-hybridized carbons (Fsp3) is 0.226. The van der Waals surface area contributed by atoms with Crippen molar-refractivity contribution in [2.24, 2.45) is 5.92 Å². The maximum Gasteiger partial charge on any atom is 0.348 e. The van der Waals surface area contributed by atoms with Crippen molar-refractivity contribution in [2.75, 3.05) is 26.7 Å². The van der Waals surface area contributed by atoms with Gasteiger partial charge in [0.15, 0.2) is 0 Å². The quantitative estimate of drug-likeness (QED) is 0.187. The molecule has 11 heteroatoms. The van der Waals surface area contributed by atoms with Crippen molar-refractivity contribution in [3.05, 3.63) is 114 Å². The molecule has 1 aliphatic heterocycles. The van der Waals surface area contributed by atoms with E-state index in [-0.39, 0.29) is 18.3 Å². The van der Waals surface area contributed by atoms with Gasteiger partial charge in [0.1, 0.15) is 5.82 Å². The lowest BCUT2D eigenvalue weighted by Crippen LogP contribution is -2.71. The molecule has 0 aliphatic carbocycles. The molecule has 0 saturated heterocycles. The van der Waals surface area contributed by atoms with Crippen LogP contribution in [0.1, 0.15) is 26.3 Å². The highest BCUT2D eigenvalue weighted by Gasteiger charge is 2.69. The van der Waals surface area contributed by atoms with Crippen LogP contribution in [0.4, 0.5) is 4.39 Å². The fourth-order valence-electron chi connectivity index (χ4n) is 4.55. The summed E-state index contributed by atoms with van der Waals surface area (Å²) in [6.07, 6.45) is 2.11. The van der Waals surface area contributed by atoms with Crippen molar-refractivity contribution in [2.45, 2.75) is 11.2 Å². The van der Waals surface area contributed by atoms with Gasteiger partial charge in [-0.05, 0) is 30.3 Å².